The van der Waals surface area contributed by atoms with E-state index in [2.05, 4.69) is 0 Å². The molecule has 0 aliphatic heterocycles. The number of alkyl halides is 11. The van der Waals surface area contributed by atoms with Crippen molar-refractivity contribution in [1.29, 1.82) is 0 Å². The van der Waals surface area contributed by atoms with Gasteiger partial charge in [-0.1, -0.05) is 0 Å². The molecule has 1 aromatic carbocycles. The average Bonchev–Trinajstić information content (AvgIpc) is 2.41. The molecule has 0 aromatic heterocycles. The molecule has 0 spiro atoms. The fraction of sp³-hybridized carbons (Fsp3) is 0.455. The van der Waals surface area contributed by atoms with Gasteiger partial charge in [-0.3, -0.25) is 0 Å². The predicted octanol–water partition coefficient (Wildman–Crippen LogP) is 5.55. The molecule has 0 saturated heterocycles. The molecule has 2 atom stereocenters. The molecule has 0 amide bonds. The molecule has 0 fully saturated rings. The maximum atomic E-state index is 14.2. The van der Waals surface area contributed by atoms with Gasteiger partial charge in [-0.2, -0.15) is 43.9 Å². The summed E-state index contributed by atoms with van der Waals surface area (Å²) in [6, 6.07) is 0.159. The Morgan fingerprint density at radius 1 is 0.840 bits per heavy atom. The normalized spacial score (nSPS) is 17.5. The molecule has 0 N–H and O–H groups in total. The molecule has 0 aliphatic rings. The average molecular weight is 520 g/mol. The van der Waals surface area contributed by atoms with Crippen molar-refractivity contribution in [2.75, 3.05) is 0 Å². The smallest absolute Gasteiger partial charge is 0.248 e. The second-order valence-electron chi connectivity index (χ2n) is 4.46. The van der Waals surface area contributed by atoms with Crippen molar-refractivity contribution < 1.29 is 52.5 Å². The molecule has 14 heteroatoms. The number of halogens is 12. The van der Waals surface area contributed by atoms with Gasteiger partial charge in [0, 0.05) is 14.0 Å². The standard InChI is InChI=1S/C11H4F11IOS/c12-7(13)25(24)6-2-4(1-5(23)3-6)8(14,10(17,18)19)9(15,16)11(20,21)22/h1-3,7H. The van der Waals surface area contributed by atoms with Gasteiger partial charge in [-0.25, -0.2) is 8.60 Å². The first kappa shape index (κ1) is 22.4. The zero-order chi connectivity index (χ0) is 20.0. The van der Waals surface area contributed by atoms with Gasteiger partial charge in [-0.15, -0.1) is 0 Å². The number of rotatable bonds is 4. The lowest BCUT2D eigenvalue weighted by molar-refractivity contribution is -0.389. The summed E-state index contributed by atoms with van der Waals surface area (Å²) < 4.78 is 152. The fourth-order valence-corrected chi connectivity index (χ4v) is 3.27. The van der Waals surface area contributed by atoms with Crippen LogP contribution in [-0.4, -0.2) is 28.2 Å². The molecule has 0 bridgehead atoms. The Morgan fingerprint density at radius 3 is 1.68 bits per heavy atom. The van der Waals surface area contributed by atoms with Gasteiger partial charge in [0.15, 0.2) is 0 Å². The Balaban J connectivity index is 3.79. The van der Waals surface area contributed by atoms with Crippen LogP contribution in [0.2, 0.25) is 0 Å². The lowest BCUT2D eigenvalue weighted by Crippen LogP contribution is -2.59. The summed E-state index contributed by atoms with van der Waals surface area (Å²) in [6.07, 6.45) is -13.7. The predicted molar refractivity (Wildman–Crippen MR) is 71.4 cm³/mol. The number of benzene rings is 1. The summed E-state index contributed by atoms with van der Waals surface area (Å²) in [6.45, 7) is 0. The van der Waals surface area contributed by atoms with Crippen LogP contribution in [0.4, 0.5) is 48.3 Å². The van der Waals surface area contributed by atoms with E-state index in [-0.39, 0.29) is 12.1 Å². The highest BCUT2D eigenvalue weighted by Gasteiger charge is 2.81. The minimum atomic E-state index is -6.94. The van der Waals surface area contributed by atoms with Crippen LogP contribution in [0, 0.1) is 3.57 Å². The highest BCUT2D eigenvalue weighted by molar-refractivity contribution is 14.1. The molecule has 0 radical (unpaired) electrons. The van der Waals surface area contributed by atoms with Crippen LogP contribution < -0.4 is 0 Å². The van der Waals surface area contributed by atoms with E-state index in [4.69, 9.17) is 0 Å². The van der Waals surface area contributed by atoms with Gasteiger partial charge >= 0.3 is 29.7 Å². The van der Waals surface area contributed by atoms with Gasteiger partial charge in [-0.05, 0) is 40.8 Å². The third kappa shape index (κ3) is 3.88. The van der Waals surface area contributed by atoms with Crippen molar-refractivity contribution in [3.63, 3.8) is 0 Å². The highest BCUT2D eigenvalue weighted by atomic mass is 127. The Morgan fingerprint density at radius 2 is 1.32 bits per heavy atom. The molecule has 1 aromatic rings. The van der Waals surface area contributed by atoms with Crippen molar-refractivity contribution in [3.05, 3.63) is 27.3 Å². The van der Waals surface area contributed by atoms with E-state index < -0.39 is 54.5 Å². The van der Waals surface area contributed by atoms with Crippen LogP contribution in [0.3, 0.4) is 0 Å². The summed E-state index contributed by atoms with van der Waals surface area (Å²) in [5, 5.41) is 0. The van der Waals surface area contributed by atoms with Crippen molar-refractivity contribution >= 4 is 33.4 Å². The van der Waals surface area contributed by atoms with Crippen molar-refractivity contribution in [2.24, 2.45) is 0 Å². The zero-order valence-corrected chi connectivity index (χ0v) is 14.1. The van der Waals surface area contributed by atoms with Gasteiger partial charge in [0.05, 0.1) is 0 Å². The quantitative estimate of drug-likeness (QED) is 0.377. The molecule has 0 heterocycles. The fourth-order valence-electron chi connectivity index (χ4n) is 1.70. The van der Waals surface area contributed by atoms with Crippen LogP contribution in [0.15, 0.2) is 23.1 Å². The van der Waals surface area contributed by atoms with Gasteiger partial charge in [0.1, 0.15) is 10.8 Å². The minimum absolute atomic E-state index is 0.0279. The van der Waals surface area contributed by atoms with E-state index >= 15 is 0 Å². The van der Waals surface area contributed by atoms with Crippen molar-refractivity contribution in [1.82, 2.24) is 0 Å². The first-order valence-electron chi connectivity index (χ1n) is 5.66. The van der Waals surface area contributed by atoms with Crippen LogP contribution in [-0.2, 0) is 16.5 Å². The second kappa shape index (κ2) is 6.81. The molecular formula is C11H4F11IOS. The van der Waals surface area contributed by atoms with Gasteiger partial charge < -0.3 is 0 Å². The molecule has 1 nitrogen and oxygen atoms in total. The van der Waals surface area contributed by atoms with E-state index in [1.165, 1.54) is 0 Å². The summed E-state index contributed by atoms with van der Waals surface area (Å²) in [4.78, 5) is -1.24. The third-order valence-corrected chi connectivity index (χ3v) is 4.49. The SMILES string of the molecule is O=S(c1cc(I)cc(C(F)(C(F)(F)F)C(F)(F)C(F)(F)F)c1)C(F)F. The van der Waals surface area contributed by atoms with Crippen molar-refractivity contribution in [3.8, 4) is 0 Å². The maximum Gasteiger partial charge on any atom is 0.457 e. The van der Waals surface area contributed by atoms with E-state index in [0.717, 1.165) is 22.6 Å². The van der Waals surface area contributed by atoms with E-state index in [9.17, 15) is 52.5 Å². The van der Waals surface area contributed by atoms with Crippen molar-refractivity contribution in [2.45, 2.75) is 34.6 Å². The summed E-state index contributed by atoms with van der Waals surface area (Å²) >= 11 is 1.07. The van der Waals surface area contributed by atoms with Gasteiger partial charge in [0.2, 0.25) is 0 Å². The Kier molecular flexibility index (Phi) is 6.09. The summed E-state index contributed by atoms with van der Waals surface area (Å²) in [5.41, 5.74) is -8.57. The van der Waals surface area contributed by atoms with E-state index in [0.29, 0.717) is 6.07 Å². The topological polar surface area (TPSA) is 17.1 Å². The molecule has 25 heavy (non-hydrogen) atoms. The first-order valence-corrected chi connectivity index (χ1v) is 7.96. The number of hydrogen-bond acceptors (Lipinski definition) is 1. The van der Waals surface area contributed by atoms with E-state index in [1.807, 2.05) is 0 Å². The van der Waals surface area contributed by atoms with Crippen LogP contribution >= 0.6 is 22.6 Å². The molecule has 0 saturated carbocycles. The van der Waals surface area contributed by atoms with Crippen LogP contribution in [0.1, 0.15) is 5.56 Å². The highest BCUT2D eigenvalue weighted by Crippen LogP contribution is 2.58. The molecule has 144 valence electrons. The lowest BCUT2D eigenvalue weighted by atomic mass is 9.88. The van der Waals surface area contributed by atoms with Crippen LogP contribution in [0.25, 0.3) is 0 Å². The van der Waals surface area contributed by atoms with Gasteiger partial charge in [0.25, 0.3) is 0 Å². The Hall–Kier alpha value is -0.670. The number of hydrogen-bond donors (Lipinski definition) is 0. The monoisotopic (exact) mass is 520 g/mol. The molecule has 0 aliphatic carbocycles. The van der Waals surface area contributed by atoms with E-state index in [1.54, 1.807) is 0 Å². The lowest BCUT2D eigenvalue weighted by Gasteiger charge is -2.36. The maximum absolute atomic E-state index is 14.2. The summed E-state index contributed by atoms with van der Waals surface area (Å²) in [7, 11) is -3.36. The zero-order valence-electron chi connectivity index (χ0n) is 11.2. The first-order chi connectivity index (χ1) is 11.0. The van der Waals surface area contributed by atoms with Crippen LogP contribution in [0.5, 0.6) is 0 Å². The minimum Gasteiger partial charge on any atom is -0.248 e. The Bertz CT molecular complexity index is 669. The second-order valence-corrected chi connectivity index (χ2v) is 7.13. The summed E-state index contributed by atoms with van der Waals surface area (Å²) in [5.74, 6) is -10.6. The molecule has 2 unspecified atom stereocenters. The molecular weight excluding hydrogens is 516 g/mol. The molecule has 1 rings (SSSR count). The largest absolute Gasteiger partial charge is 0.457 e. The third-order valence-electron chi connectivity index (χ3n) is 2.84. The Labute approximate surface area is 148 Å².